The van der Waals surface area contributed by atoms with Gasteiger partial charge in [0.05, 0.1) is 16.8 Å². The van der Waals surface area contributed by atoms with Gasteiger partial charge in [0.1, 0.15) is 6.07 Å². The standard InChI is InChI=1S/C23H22N4O/c1-16-5-4-6-19(13-16)26-23(28)17-9-11-27(12-10-17)22-18(14-24)15-25-21-8-3-2-7-20(21)22/h2-8,13,15,17H,9-12H2,1H3,(H,26,28). The van der Waals surface area contributed by atoms with Crippen molar-refractivity contribution in [2.75, 3.05) is 23.3 Å². The van der Waals surface area contributed by atoms with Crippen molar-refractivity contribution < 1.29 is 4.79 Å². The van der Waals surface area contributed by atoms with E-state index in [1.54, 1.807) is 6.20 Å². The summed E-state index contributed by atoms with van der Waals surface area (Å²) < 4.78 is 0. The second-order valence-electron chi connectivity index (χ2n) is 7.27. The Morgan fingerprint density at radius 2 is 1.96 bits per heavy atom. The number of fused-ring (bicyclic) bond motifs is 1. The number of anilines is 2. The smallest absolute Gasteiger partial charge is 0.227 e. The van der Waals surface area contributed by atoms with Gasteiger partial charge in [-0.15, -0.1) is 0 Å². The average molecular weight is 370 g/mol. The van der Waals surface area contributed by atoms with Crippen molar-refractivity contribution in [1.29, 1.82) is 5.26 Å². The van der Waals surface area contributed by atoms with Crippen LogP contribution < -0.4 is 10.2 Å². The Hall–Kier alpha value is -3.39. The Bertz CT molecular complexity index is 1060. The van der Waals surface area contributed by atoms with E-state index in [9.17, 15) is 10.1 Å². The topological polar surface area (TPSA) is 69.0 Å². The van der Waals surface area contributed by atoms with E-state index in [-0.39, 0.29) is 11.8 Å². The van der Waals surface area contributed by atoms with Crippen LogP contribution in [0.4, 0.5) is 11.4 Å². The lowest BCUT2D eigenvalue weighted by molar-refractivity contribution is -0.120. The highest BCUT2D eigenvalue weighted by atomic mass is 16.1. The number of nitrogens with zero attached hydrogens (tertiary/aromatic N) is 3. The van der Waals surface area contributed by atoms with Crippen LogP contribution in [0, 0.1) is 24.2 Å². The zero-order valence-electron chi connectivity index (χ0n) is 15.9. The number of aromatic nitrogens is 1. The molecule has 1 saturated heterocycles. The first kappa shape index (κ1) is 18.0. The summed E-state index contributed by atoms with van der Waals surface area (Å²) in [5, 5.41) is 13.6. The van der Waals surface area contributed by atoms with E-state index in [1.165, 1.54) is 0 Å². The van der Waals surface area contributed by atoms with Crippen LogP contribution in [0.25, 0.3) is 10.9 Å². The minimum absolute atomic E-state index is 0.0181. The molecule has 0 radical (unpaired) electrons. The normalized spacial score (nSPS) is 14.6. The van der Waals surface area contributed by atoms with Crippen LogP contribution in [0.2, 0.25) is 0 Å². The molecule has 0 aliphatic carbocycles. The van der Waals surface area contributed by atoms with Gasteiger partial charge < -0.3 is 10.2 Å². The first-order chi connectivity index (χ1) is 13.7. The highest BCUT2D eigenvalue weighted by Crippen LogP contribution is 2.32. The third kappa shape index (κ3) is 3.54. The van der Waals surface area contributed by atoms with Gasteiger partial charge >= 0.3 is 0 Å². The first-order valence-corrected chi connectivity index (χ1v) is 9.56. The molecule has 1 N–H and O–H groups in total. The quantitative estimate of drug-likeness (QED) is 0.747. The maximum absolute atomic E-state index is 12.7. The van der Waals surface area contributed by atoms with Gasteiger partial charge in [0, 0.05) is 36.3 Å². The third-order valence-electron chi connectivity index (χ3n) is 5.34. The zero-order chi connectivity index (χ0) is 19.5. The number of hydrogen-bond acceptors (Lipinski definition) is 4. The van der Waals surface area contributed by atoms with E-state index in [2.05, 4.69) is 21.3 Å². The van der Waals surface area contributed by atoms with E-state index < -0.39 is 0 Å². The number of aryl methyl sites for hydroxylation is 1. The first-order valence-electron chi connectivity index (χ1n) is 9.56. The van der Waals surface area contributed by atoms with Crippen LogP contribution in [0.15, 0.2) is 54.7 Å². The summed E-state index contributed by atoms with van der Waals surface area (Å²) in [4.78, 5) is 19.3. The fourth-order valence-corrected chi connectivity index (χ4v) is 3.88. The predicted molar refractivity (Wildman–Crippen MR) is 111 cm³/mol. The molecule has 1 aliphatic heterocycles. The molecule has 0 atom stereocenters. The van der Waals surface area contributed by atoms with E-state index in [0.29, 0.717) is 5.56 Å². The number of hydrogen-bond donors (Lipinski definition) is 1. The van der Waals surface area contributed by atoms with E-state index in [1.807, 2.05) is 55.5 Å². The van der Waals surface area contributed by atoms with Crippen LogP contribution in [0.5, 0.6) is 0 Å². The Morgan fingerprint density at radius 1 is 1.18 bits per heavy atom. The number of amides is 1. The molecule has 1 aromatic heterocycles. The number of nitrogens with one attached hydrogen (secondary N) is 1. The molecule has 4 rings (SSSR count). The molecule has 28 heavy (non-hydrogen) atoms. The van der Waals surface area contributed by atoms with Crippen molar-refractivity contribution in [2.24, 2.45) is 5.92 Å². The molecule has 0 spiro atoms. The summed E-state index contributed by atoms with van der Waals surface area (Å²) in [6, 6.07) is 18.0. The number of pyridine rings is 1. The number of benzene rings is 2. The highest BCUT2D eigenvalue weighted by molar-refractivity contribution is 5.95. The molecule has 0 bridgehead atoms. The summed E-state index contributed by atoms with van der Waals surface area (Å²) >= 11 is 0. The van der Waals surface area contributed by atoms with Crippen molar-refractivity contribution in [1.82, 2.24) is 4.98 Å². The summed E-state index contributed by atoms with van der Waals surface area (Å²) in [6.45, 7) is 3.50. The van der Waals surface area contributed by atoms with Crippen molar-refractivity contribution in [3.8, 4) is 6.07 Å². The summed E-state index contributed by atoms with van der Waals surface area (Å²) in [6.07, 6.45) is 3.17. The molecule has 1 fully saturated rings. The SMILES string of the molecule is Cc1cccc(NC(=O)C2CCN(c3c(C#N)cnc4ccccc34)CC2)c1. The predicted octanol–water partition coefficient (Wildman–Crippen LogP) is 4.27. The second kappa shape index (κ2) is 7.69. The molecule has 140 valence electrons. The third-order valence-corrected chi connectivity index (χ3v) is 5.34. The van der Waals surface area contributed by atoms with Crippen molar-refractivity contribution >= 4 is 28.2 Å². The lowest BCUT2D eigenvalue weighted by Crippen LogP contribution is -2.38. The Balaban J connectivity index is 1.50. The molecule has 0 unspecified atom stereocenters. The van der Waals surface area contributed by atoms with Crippen molar-refractivity contribution in [3.05, 3.63) is 65.9 Å². The average Bonchev–Trinajstić information content (AvgIpc) is 2.73. The van der Waals surface area contributed by atoms with Crippen LogP contribution in [0.3, 0.4) is 0 Å². The lowest BCUT2D eigenvalue weighted by Gasteiger charge is -2.34. The Morgan fingerprint density at radius 3 is 2.71 bits per heavy atom. The van der Waals surface area contributed by atoms with Gasteiger partial charge in [0.2, 0.25) is 5.91 Å². The number of nitriles is 1. The number of rotatable bonds is 3. The van der Waals surface area contributed by atoms with Crippen LogP contribution in [0.1, 0.15) is 24.0 Å². The molecule has 5 heteroatoms. The molecule has 2 aromatic carbocycles. The summed E-state index contributed by atoms with van der Waals surface area (Å²) in [5.41, 5.74) is 4.38. The fourth-order valence-electron chi connectivity index (χ4n) is 3.88. The van der Waals surface area contributed by atoms with Gasteiger partial charge in [0.25, 0.3) is 0 Å². The molecular formula is C23H22N4O. The molecular weight excluding hydrogens is 348 g/mol. The number of para-hydroxylation sites is 1. The van der Waals surface area contributed by atoms with E-state index >= 15 is 0 Å². The Labute approximate surface area is 164 Å². The number of carbonyl (C=O) groups excluding carboxylic acids is 1. The summed E-state index contributed by atoms with van der Waals surface area (Å²) in [5.74, 6) is 0.0562. The summed E-state index contributed by atoms with van der Waals surface area (Å²) in [7, 11) is 0. The maximum Gasteiger partial charge on any atom is 0.227 e. The minimum atomic E-state index is -0.0181. The van der Waals surface area contributed by atoms with Gasteiger partial charge in [-0.1, -0.05) is 30.3 Å². The lowest BCUT2D eigenvalue weighted by atomic mass is 9.94. The van der Waals surface area contributed by atoms with Crippen molar-refractivity contribution in [3.63, 3.8) is 0 Å². The molecule has 2 heterocycles. The van der Waals surface area contributed by atoms with Crippen molar-refractivity contribution in [2.45, 2.75) is 19.8 Å². The van der Waals surface area contributed by atoms with E-state index in [0.717, 1.165) is 53.8 Å². The second-order valence-corrected chi connectivity index (χ2v) is 7.27. The molecule has 0 saturated carbocycles. The van der Waals surface area contributed by atoms with Crippen LogP contribution >= 0.6 is 0 Å². The van der Waals surface area contributed by atoms with Gasteiger partial charge in [-0.25, -0.2) is 0 Å². The molecule has 1 amide bonds. The molecule has 5 nitrogen and oxygen atoms in total. The van der Waals surface area contributed by atoms with Gasteiger partial charge in [-0.05, 0) is 43.5 Å². The van der Waals surface area contributed by atoms with Gasteiger partial charge in [0.15, 0.2) is 0 Å². The highest BCUT2D eigenvalue weighted by Gasteiger charge is 2.27. The Kier molecular flexibility index (Phi) is 4.94. The number of carbonyl (C=O) groups is 1. The maximum atomic E-state index is 12.7. The number of piperidine rings is 1. The monoisotopic (exact) mass is 370 g/mol. The van der Waals surface area contributed by atoms with Gasteiger partial charge in [-0.3, -0.25) is 9.78 Å². The van der Waals surface area contributed by atoms with Gasteiger partial charge in [-0.2, -0.15) is 5.26 Å². The van der Waals surface area contributed by atoms with E-state index in [4.69, 9.17) is 0 Å². The largest absolute Gasteiger partial charge is 0.370 e. The molecule has 3 aromatic rings. The van der Waals surface area contributed by atoms with Crippen LogP contribution in [-0.2, 0) is 4.79 Å². The fraction of sp³-hybridized carbons (Fsp3) is 0.261. The molecule has 1 aliphatic rings. The zero-order valence-corrected chi connectivity index (χ0v) is 15.9. The van der Waals surface area contributed by atoms with Crippen LogP contribution in [-0.4, -0.2) is 24.0 Å². The minimum Gasteiger partial charge on any atom is -0.370 e.